The molecule has 0 radical (unpaired) electrons. The van der Waals surface area contributed by atoms with Crippen LogP contribution in [0.1, 0.15) is 15.9 Å². The molecule has 5 heteroatoms. The fraction of sp³-hybridized carbons (Fsp3) is 0.278. The number of methoxy groups -OCH3 is 4. The Bertz CT molecular complexity index is 722. The molecule has 0 aliphatic carbocycles. The van der Waals surface area contributed by atoms with E-state index in [-0.39, 0.29) is 0 Å². The molecule has 0 spiro atoms. The average molecular weight is 316 g/mol. The summed E-state index contributed by atoms with van der Waals surface area (Å²) in [7, 11) is 6.08. The van der Waals surface area contributed by atoms with E-state index in [1.165, 1.54) is 7.11 Å². The first-order valence-corrected chi connectivity index (χ1v) is 7.05. The largest absolute Gasteiger partial charge is 0.497 e. The molecule has 0 saturated carbocycles. The highest BCUT2D eigenvalue weighted by Gasteiger charge is 2.22. The summed E-state index contributed by atoms with van der Waals surface area (Å²) >= 11 is 0. The van der Waals surface area contributed by atoms with E-state index in [2.05, 4.69) is 0 Å². The first kappa shape index (κ1) is 16.7. The molecule has 0 N–H and O–H groups in total. The van der Waals surface area contributed by atoms with Crippen LogP contribution < -0.4 is 14.2 Å². The van der Waals surface area contributed by atoms with Crippen LogP contribution in [0.3, 0.4) is 0 Å². The van der Waals surface area contributed by atoms with Crippen LogP contribution in [0, 0.1) is 6.92 Å². The second-order valence-corrected chi connectivity index (χ2v) is 4.90. The second-order valence-electron chi connectivity index (χ2n) is 4.90. The Morgan fingerprint density at radius 2 is 1.65 bits per heavy atom. The van der Waals surface area contributed by atoms with E-state index in [4.69, 9.17) is 18.9 Å². The molecule has 0 aliphatic rings. The van der Waals surface area contributed by atoms with Gasteiger partial charge in [-0.1, -0.05) is 6.07 Å². The van der Waals surface area contributed by atoms with Gasteiger partial charge in [0, 0.05) is 17.2 Å². The van der Waals surface area contributed by atoms with Crippen molar-refractivity contribution >= 4 is 5.97 Å². The number of carbonyl (C=O) groups excluding carboxylic acids is 1. The zero-order valence-electron chi connectivity index (χ0n) is 13.9. The van der Waals surface area contributed by atoms with Crippen LogP contribution in [0.15, 0.2) is 30.3 Å². The summed E-state index contributed by atoms with van der Waals surface area (Å²) in [4.78, 5) is 12.2. The number of benzene rings is 2. The summed E-state index contributed by atoms with van der Waals surface area (Å²) in [5.74, 6) is 1.42. The van der Waals surface area contributed by atoms with Crippen molar-refractivity contribution in [1.29, 1.82) is 0 Å². The summed E-state index contributed by atoms with van der Waals surface area (Å²) in [5, 5.41) is 0. The van der Waals surface area contributed by atoms with E-state index in [1.54, 1.807) is 39.5 Å². The average Bonchev–Trinajstić information content (AvgIpc) is 2.60. The Morgan fingerprint density at radius 3 is 2.22 bits per heavy atom. The number of esters is 1. The molecule has 0 unspecified atom stereocenters. The molecule has 0 atom stereocenters. The van der Waals surface area contributed by atoms with Crippen LogP contribution in [0.2, 0.25) is 0 Å². The van der Waals surface area contributed by atoms with Gasteiger partial charge in [0.15, 0.2) is 0 Å². The van der Waals surface area contributed by atoms with Gasteiger partial charge in [-0.2, -0.15) is 0 Å². The smallest absolute Gasteiger partial charge is 0.338 e. The Labute approximate surface area is 135 Å². The molecule has 2 aromatic rings. The molecule has 0 aromatic heterocycles. The third-order valence-corrected chi connectivity index (χ3v) is 3.64. The van der Waals surface area contributed by atoms with Crippen LogP contribution in [0.25, 0.3) is 11.1 Å². The summed E-state index contributed by atoms with van der Waals surface area (Å²) in [6.07, 6.45) is 0. The van der Waals surface area contributed by atoms with Crippen LogP contribution in [-0.2, 0) is 4.74 Å². The first-order valence-electron chi connectivity index (χ1n) is 7.05. The zero-order chi connectivity index (χ0) is 17.0. The molecule has 0 heterocycles. The summed E-state index contributed by atoms with van der Waals surface area (Å²) in [6.45, 7) is 1.92. The Kier molecular flexibility index (Phi) is 5.11. The van der Waals surface area contributed by atoms with Gasteiger partial charge in [0.2, 0.25) is 0 Å². The topological polar surface area (TPSA) is 54.0 Å². The molecule has 23 heavy (non-hydrogen) atoms. The van der Waals surface area contributed by atoms with Crippen LogP contribution >= 0.6 is 0 Å². The maximum absolute atomic E-state index is 12.2. The highest BCUT2D eigenvalue weighted by molar-refractivity contribution is 6.00. The standard InChI is InChI=1S/C18H20O5/c1-11-6-8-14(18(19)23-5)16(17(11)22-4)13-9-7-12(20-2)10-15(13)21-3/h6-10H,1-5H3. The van der Waals surface area contributed by atoms with Crippen LogP contribution in [0.4, 0.5) is 0 Å². The lowest BCUT2D eigenvalue weighted by Gasteiger charge is -2.18. The van der Waals surface area contributed by atoms with E-state index in [0.29, 0.717) is 28.4 Å². The normalized spacial score (nSPS) is 10.1. The third-order valence-electron chi connectivity index (χ3n) is 3.64. The Balaban J connectivity index is 2.80. The van der Waals surface area contributed by atoms with Crippen molar-refractivity contribution in [2.45, 2.75) is 6.92 Å². The van der Waals surface area contributed by atoms with E-state index in [0.717, 1.165) is 11.1 Å². The lowest BCUT2D eigenvalue weighted by molar-refractivity contribution is 0.0601. The van der Waals surface area contributed by atoms with E-state index >= 15 is 0 Å². The van der Waals surface area contributed by atoms with E-state index in [1.807, 2.05) is 19.1 Å². The van der Waals surface area contributed by atoms with Gasteiger partial charge in [-0.05, 0) is 30.7 Å². The predicted octanol–water partition coefficient (Wildman–Crippen LogP) is 3.47. The lowest BCUT2D eigenvalue weighted by atomic mass is 9.95. The highest BCUT2D eigenvalue weighted by Crippen LogP contribution is 2.42. The monoisotopic (exact) mass is 316 g/mol. The maximum atomic E-state index is 12.2. The van der Waals surface area contributed by atoms with Gasteiger partial charge < -0.3 is 18.9 Å². The molecular weight excluding hydrogens is 296 g/mol. The number of ether oxygens (including phenoxy) is 4. The highest BCUT2D eigenvalue weighted by atomic mass is 16.5. The van der Waals surface area contributed by atoms with Gasteiger partial charge in [0.05, 0.1) is 34.0 Å². The van der Waals surface area contributed by atoms with Crippen molar-refractivity contribution < 1.29 is 23.7 Å². The van der Waals surface area contributed by atoms with Gasteiger partial charge in [0.1, 0.15) is 17.2 Å². The molecule has 122 valence electrons. The number of hydrogen-bond acceptors (Lipinski definition) is 5. The summed E-state index contributed by atoms with van der Waals surface area (Å²) < 4.78 is 21.1. The third kappa shape index (κ3) is 3.08. The van der Waals surface area contributed by atoms with E-state index in [9.17, 15) is 4.79 Å². The number of rotatable bonds is 5. The van der Waals surface area contributed by atoms with Crippen molar-refractivity contribution in [3.8, 4) is 28.4 Å². The quantitative estimate of drug-likeness (QED) is 0.791. The molecule has 2 rings (SSSR count). The Hall–Kier alpha value is -2.69. The molecular formula is C18H20O5. The first-order chi connectivity index (χ1) is 11.1. The minimum absolute atomic E-state index is 0.415. The molecule has 0 aliphatic heterocycles. The molecule has 0 amide bonds. The zero-order valence-corrected chi connectivity index (χ0v) is 13.9. The van der Waals surface area contributed by atoms with Crippen molar-refractivity contribution in [2.24, 2.45) is 0 Å². The summed E-state index contributed by atoms with van der Waals surface area (Å²) in [5.41, 5.74) is 2.69. The van der Waals surface area contributed by atoms with Crippen molar-refractivity contribution in [3.63, 3.8) is 0 Å². The number of carbonyl (C=O) groups is 1. The molecule has 0 saturated heterocycles. The van der Waals surface area contributed by atoms with Crippen molar-refractivity contribution in [1.82, 2.24) is 0 Å². The summed E-state index contributed by atoms with van der Waals surface area (Å²) in [6, 6.07) is 8.95. The van der Waals surface area contributed by atoms with Crippen LogP contribution in [0.5, 0.6) is 17.2 Å². The van der Waals surface area contributed by atoms with Gasteiger partial charge in [-0.3, -0.25) is 0 Å². The lowest BCUT2D eigenvalue weighted by Crippen LogP contribution is -2.06. The van der Waals surface area contributed by atoms with Gasteiger partial charge in [-0.15, -0.1) is 0 Å². The minimum Gasteiger partial charge on any atom is -0.497 e. The number of aryl methyl sites for hydroxylation is 1. The van der Waals surface area contributed by atoms with Gasteiger partial charge >= 0.3 is 5.97 Å². The van der Waals surface area contributed by atoms with Crippen molar-refractivity contribution in [3.05, 3.63) is 41.5 Å². The van der Waals surface area contributed by atoms with Crippen molar-refractivity contribution in [2.75, 3.05) is 28.4 Å². The predicted molar refractivity (Wildman–Crippen MR) is 87.6 cm³/mol. The van der Waals surface area contributed by atoms with Gasteiger partial charge in [0.25, 0.3) is 0 Å². The minimum atomic E-state index is -0.434. The molecule has 5 nitrogen and oxygen atoms in total. The molecule has 0 fully saturated rings. The fourth-order valence-corrected chi connectivity index (χ4v) is 2.50. The maximum Gasteiger partial charge on any atom is 0.338 e. The van der Waals surface area contributed by atoms with Crippen LogP contribution in [-0.4, -0.2) is 34.4 Å². The fourth-order valence-electron chi connectivity index (χ4n) is 2.50. The Morgan fingerprint density at radius 1 is 0.913 bits per heavy atom. The second kappa shape index (κ2) is 7.05. The molecule has 0 bridgehead atoms. The SMILES string of the molecule is COC(=O)c1ccc(C)c(OC)c1-c1ccc(OC)cc1OC. The number of hydrogen-bond donors (Lipinski definition) is 0. The van der Waals surface area contributed by atoms with Gasteiger partial charge in [-0.25, -0.2) is 4.79 Å². The van der Waals surface area contributed by atoms with E-state index < -0.39 is 5.97 Å². The molecule has 2 aromatic carbocycles.